The van der Waals surface area contributed by atoms with Crippen molar-refractivity contribution in [1.82, 2.24) is 25.3 Å². The topological polar surface area (TPSA) is 175 Å². The molecule has 2 aromatic rings. The summed E-state index contributed by atoms with van der Waals surface area (Å²) >= 11 is 5.45. The Bertz CT molecular complexity index is 1150. The maximum Gasteiger partial charge on any atom is 1.00 e. The number of carbonyl (C=O) groups is 1. The minimum absolute atomic E-state index is 0. The van der Waals surface area contributed by atoms with Gasteiger partial charge in [0, 0.05) is 76.4 Å². The van der Waals surface area contributed by atoms with Crippen LogP contribution < -0.4 is 118 Å². The van der Waals surface area contributed by atoms with Crippen LogP contribution in [-0.4, -0.2) is 97.4 Å². The number of halogens is 2. The quantitative estimate of drug-likeness (QED) is 0.0666. The van der Waals surface area contributed by atoms with Crippen LogP contribution in [0.1, 0.15) is 65.3 Å². The number of piperidine rings is 2. The van der Waals surface area contributed by atoms with Crippen molar-refractivity contribution in [2.24, 2.45) is 35.5 Å². The third kappa shape index (κ3) is 21.0. The van der Waals surface area contributed by atoms with Crippen LogP contribution in [0.5, 0.6) is 0 Å². The number of aromatic nitrogens is 4. The Labute approximate surface area is 395 Å². The van der Waals surface area contributed by atoms with E-state index in [1.165, 1.54) is 51.6 Å². The Kier molecular flexibility index (Phi) is 31.0. The number of nitrogens with zero attached hydrogens (tertiary/aromatic N) is 5. The van der Waals surface area contributed by atoms with Gasteiger partial charge in [-0.25, -0.2) is 19.9 Å². The van der Waals surface area contributed by atoms with Crippen molar-refractivity contribution in [1.29, 1.82) is 0 Å². The number of alkyl halides is 1. The Balaban J connectivity index is 0. The maximum absolute atomic E-state index is 9.96. The van der Waals surface area contributed by atoms with Gasteiger partial charge >= 0.3 is 103 Å². The summed E-state index contributed by atoms with van der Waals surface area (Å²) in [7, 11) is 2.30. The van der Waals surface area contributed by atoms with Gasteiger partial charge in [-0.05, 0) is 112 Å². The molecule has 4 atom stereocenters. The van der Waals surface area contributed by atoms with Crippen molar-refractivity contribution in [3.05, 3.63) is 41.2 Å². The normalized spacial score (nSPS) is 22.1. The van der Waals surface area contributed by atoms with E-state index in [4.69, 9.17) is 42.7 Å². The van der Waals surface area contributed by atoms with Crippen molar-refractivity contribution in [2.45, 2.75) is 64.6 Å². The van der Waals surface area contributed by atoms with E-state index in [0.717, 1.165) is 78.5 Å². The average molecular weight is 795 g/mol. The van der Waals surface area contributed by atoms with Gasteiger partial charge in [-0.15, -0.1) is 0 Å². The SMILES string of the molecule is COCc1cnc(Cl)nc1.COCc1cnc(N2CCC([C@H]3C[C@H]3CCO)CC2)nc1.O=CO[O-].OCC[C@@H]1C[C@@H]1C1CCNCC1.[2H]CF.[H-].[K+].[K+]. The van der Waals surface area contributed by atoms with E-state index in [1.807, 2.05) is 12.4 Å². The number of ether oxygens (including phenoxy) is 2. The second kappa shape index (κ2) is 31.8. The summed E-state index contributed by atoms with van der Waals surface area (Å²) in [5.41, 5.74) is 1.94. The van der Waals surface area contributed by atoms with Crippen molar-refractivity contribution in [3.8, 4) is 0 Å². The fraction of sp³-hybridized carbons (Fsp3) is 0.735. The van der Waals surface area contributed by atoms with Crippen LogP contribution in [0.25, 0.3) is 0 Å². The number of aliphatic hydroxyl groups is 2. The molecule has 3 N–H and O–H groups in total. The van der Waals surface area contributed by atoms with Crippen molar-refractivity contribution < 1.29 is 145 Å². The Hall–Kier alpha value is 0.683. The molecule has 0 aromatic carbocycles. The Morgan fingerprint density at radius 2 is 1.33 bits per heavy atom. The number of carbonyl (C=O) groups excluding carboxylic acids is 1. The van der Waals surface area contributed by atoms with E-state index in [-0.39, 0.29) is 116 Å². The molecule has 2 aliphatic carbocycles. The maximum atomic E-state index is 9.96. The van der Waals surface area contributed by atoms with Crippen LogP contribution in [0.2, 0.25) is 5.28 Å². The number of aliphatic hydroxyl groups excluding tert-OH is 2. The third-order valence-electron chi connectivity index (χ3n) is 9.40. The van der Waals surface area contributed by atoms with Crippen LogP contribution in [0.15, 0.2) is 24.8 Å². The van der Waals surface area contributed by atoms with Gasteiger partial charge in [0.15, 0.2) is 0 Å². The van der Waals surface area contributed by atoms with Crippen LogP contribution >= 0.6 is 11.6 Å². The fourth-order valence-electron chi connectivity index (χ4n) is 6.82. The van der Waals surface area contributed by atoms with E-state index in [1.54, 1.807) is 26.6 Å². The third-order valence-corrected chi connectivity index (χ3v) is 9.59. The predicted molar refractivity (Wildman–Crippen MR) is 183 cm³/mol. The molecule has 0 radical (unpaired) electrons. The molecule has 0 spiro atoms. The zero-order chi connectivity index (χ0) is 36.6. The first kappa shape index (κ1) is 49.7. The molecular weight excluding hydrogens is 737 g/mol. The molecule has 4 aliphatic rings. The number of hydrogen-bond donors (Lipinski definition) is 3. The Morgan fingerprint density at radius 1 is 0.922 bits per heavy atom. The molecule has 2 saturated heterocycles. The van der Waals surface area contributed by atoms with Gasteiger partial charge in [0.1, 0.15) is 0 Å². The fourth-order valence-corrected chi connectivity index (χ4v) is 6.92. The number of methoxy groups -OCH3 is 2. The Morgan fingerprint density at radius 3 is 1.73 bits per heavy atom. The van der Waals surface area contributed by atoms with Crippen LogP contribution in [-0.2, 0) is 32.4 Å². The molecule has 280 valence electrons. The van der Waals surface area contributed by atoms with E-state index >= 15 is 0 Å². The molecule has 2 saturated carbocycles. The van der Waals surface area contributed by atoms with Crippen LogP contribution in [0.3, 0.4) is 0 Å². The molecular formula is C34H56ClFK2N6O7. The minimum atomic E-state index is -1.00. The summed E-state index contributed by atoms with van der Waals surface area (Å²) in [6, 6.07) is 0. The van der Waals surface area contributed by atoms with Gasteiger partial charge in [0.2, 0.25) is 11.2 Å². The van der Waals surface area contributed by atoms with Crippen molar-refractivity contribution in [3.63, 3.8) is 0 Å². The standard InChI is InChI=1S/C16H25N3O2.C10H19NO.C6H7ClN2O.CH3F.CH2O3.2K.H/c1-21-11-12-9-17-16(18-10-12)19-5-2-13(3-6-19)15-8-14(15)4-7-20;12-6-3-9-7-10(9)8-1-4-11-5-2-8;1-10-4-5-2-8-6(7)9-3-5;1-2;2-1-4-3;;;/h9-10,13-15,20H,2-8,11H2,1H3;8-12H,1-7H2;2-3H,4H2,1H3;1H3;1,3H;;;/q;;;;;2*+1;-1/p-1/t14-,15-;9-,10-;;;;;;/m11....../s1/i;;;1D;;;;. The van der Waals surface area contributed by atoms with E-state index < -0.39 is 7.15 Å². The van der Waals surface area contributed by atoms with Gasteiger partial charge in [-0.1, -0.05) is 0 Å². The van der Waals surface area contributed by atoms with Crippen LogP contribution in [0.4, 0.5) is 10.3 Å². The molecule has 4 fully saturated rings. The first-order valence-corrected chi connectivity index (χ1v) is 17.3. The summed E-state index contributed by atoms with van der Waals surface area (Å²) in [4.78, 5) is 30.0. The number of nitrogens with one attached hydrogen (secondary N) is 1. The minimum Gasteiger partial charge on any atom is -1.00 e. The van der Waals surface area contributed by atoms with Gasteiger partial charge in [0.05, 0.1) is 21.7 Å². The van der Waals surface area contributed by atoms with E-state index in [2.05, 4.69) is 35.0 Å². The molecule has 17 heteroatoms. The number of anilines is 1. The number of rotatable bonds is 12. The molecule has 4 heterocycles. The summed E-state index contributed by atoms with van der Waals surface area (Å²) in [6.45, 7) is 6.19. The summed E-state index contributed by atoms with van der Waals surface area (Å²) in [5, 5.41) is 29.9. The van der Waals surface area contributed by atoms with Gasteiger partial charge in [0.25, 0.3) is 6.47 Å². The molecule has 0 amide bonds. The zero-order valence-corrected chi connectivity index (χ0v) is 37.8. The molecule has 2 aromatic heterocycles. The summed E-state index contributed by atoms with van der Waals surface area (Å²) < 4.78 is 25.4. The summed E-state index contributed by atoms with van der Waals surface area (Å²) in [5.74, 6) is 6.15. The van der Waals surface area contributed by atoms with Gasteiger partial charge < -0.3 is 41.5 Å². The zero-order valence-electron chi connectivity index (χ0n) is 32.8. The molecule has 51 heavy (non-hydrogen) atoms. The first-order chi connectivity index (χ1) is 24.4. The van der Waals surface area contributed by atoms with E-state index in [0.29, 0.717) is 26.4 Å². The van der Waals surface area contributed by atoms with E-state index in [9.17, 15) is 4.39 Å². The monoisotopic (exact) mass is 793 g/mol. The first-order valence-electron chi connectivity index (χ1n) is 17.6. The van der Waals surface area contributed by atoms with Crippen molar-refractivity contribution >= 4 is 24.0 Å². The second-order valence-corrected chi connectivity index (χ2v) is 12.9. The molecule has 6 rings (SSSR count). The molecule has 13 nitrogen and oxygen atoms in total. The molecule has 2 aliphatic heterocycles. The van der Waals surface area contributed by atoms with Gasteiger partial charge in [-0.2, -0.15) is 0 Å². The van der Waals surface area contributed by atoms with Gasteiger partial charge in [-0.3, -0.25) is 9.18 Å². The van der Waals surface area contributed by atoms with Crippen LogP contribution in [0, 0.1) is 35.5 Å². The predicted octanol–water partition coefficient (Wildman–Crippen LogP) is -2.72. The smallest absolute Gasteiger partial charge is 1.00 e. The molecule has 0 unspecified atom stereocenters. The molecule has 0 bridgehead atoms. The number of hydrogen-bond acceptors (Lipinski definition) is 13. The summed E-state index contributed by atoms with van der Waals surface area (Å²) in [6.07, 6.45) is 17.0. The average Bonchev–Trinajstić information content (AvgIpc) is 4.09. The largest absolute Gasteiger partial charge is 1.00 e. The van der Waals surface area contributed by atoms with Crippen molar-refractivity contribution in [2.75, 3.05) is 65.7 Å². The second-order valence-electron chi connectivity index (χ2n) is 12.6.